The highest BCUT2D eigenvalue weighted by molar-refractivity contribution is 7.90. The van der Waals surface area contributed by atoms with Gasteiger partial charge in [-0.15, -0.1) is 0 Å². The zero-order valence-electron chi connectivity index (χ0n) is 14.0. The monoisotopic (exact) mass is 361 g/mol. The van der Waals surface area contributed by atoms with Crippen LogP contribution in [0.25, 0.3) is 0 Å². The number of aromatic nitrogens is 1. The highest BCUT2D eigenvalue weighted by Gasteiger charge is 2.36. The lowest BCUT2D eigenvalue weighted by molar-refractivity contribution is -0.138. The summed E-state index contributed by atoms with van der Waals surface area (Å²) >= 11 is 0. The van der Waals surface area contributed by atoms with Gasteiger partial charge in [-0.1, -0.05) is 31.2 Å². The molecule has 0 saturated heterocycles. The van der Waals surface area contributed by atoms with E-state index in [0.29, 0.717) is 24.2 Å². The first kappa shape index (κ1) is 17.4. The Labute approximate surface area is 146 Å². The maximum Gasteiger partial charge on any atom is 0.312 e. The molecule has 3 rings (SSSR count). The van der Waals surface area contributed by atoms with Gasteiger partial charge >= 0.3 is 5.97 Å². The zero-order valence-corrected chi connectivity index (χ0v) is 14.8. The van der Waals surface area contributed by atoms with E-state index in [1.807, 2.05) is 19.1 Å². The molecule has 6 nitrogen and oxygen atoms in total. The van der Waals surface area contributed by atoms with E-state index >= 15 is 0 Å². The average Bonchev–Trinajstić information content (AvgIpc) is 3.12. The van der Waals surface area contributed by atoms with Crippen LogP contribution in [-0.4, -0.2) is 36.1 Å². The predicted octanol–water partition coefficient (Wildman–Crippen LogP) is 2.26. The van der Waals surface area contributed by atoms with Crippen LogP contribution in [0.4, 0.5) is 0 Å². The summed E-state index contributed by atoms with van der Waals surface area (Å²) < 4.78 is 25.9. The molecule has 1 aromatic heterocycles. The highest BCUT2D eigenvalue weighted by atomic mass is 32.2. The minimum Gasteiger partial charge on any atom is -0.481 e. The summed E-state index contributed by atoms with van der Waals surface area (Å²) in [5.41, 5.74) is 1.90. The molecule has 0 aliphatic carbocycles. The van der Waals surface area contributed by atoms with Gasteiger partial charge < -0.3 is 9.67 Å². The fourth-order valence-electron chi connectivity index (χ4n) is 3.27. The van der Waals surface area contributed by atoms with Crippen molar-refractivity contribution in [1.29, 1.82) is 0 Å². The van der Waals surface area contributed by atoms with Gasteiger partial charge in [-0.3, -0.25) is 9.59 Å². The Kier molecular flexibility index (Phi) is 4.28. The molecule has 0 saturated carbocycles. The van der Waals surface area contributed by atoms with Crippen LogP contribution in [0, 0.1) is 0 Å². The van der Waals surface area contributed by atoms with E-state index in [9.17, 15) is 23.1 Å². The van der Waals surface area contributed by atoms with Crippen molar-refractivity contribution in [2.75, 3.05) is 6.26 Å². The van der Waals surface area contributed by atoms with Crippen molar-refractivity contribution >= 4 is 21.6 Å². The summed E-state index contributed by atoms with van der Waals surface area (Å²) in [4.78, 5) is 24.3. The molecule has 1 N–H and O–H groups in total. The van der Waals surface area contributed by atoms with Crippen LogP contribution >= 0.6 is 0 Å². The SMILES string of the molecule is CCc1ccc(C(=O)c2c(S(C)(=O)=O)cc3n2CCC3C(=O)O)cc1. The third-order valence-electron chi connectivity index (χ3n) is 4.63. The largest absolute Gasteiger partial charge is 0.481 e. The van der Waals surface area contributed by atoms with Crippen molar-refractivity contribution in [3.8, 4) is 0 Å². The third kappa shape index (κ3) is 3.00. The third-order valence-corrected chi connectivity index (χ3v) is 5.74. The molecule has 2 heterocycles. The van der Waals surface area contributed by atoms with Crippen LogP contribution in [0.3, 0.4) is 0 Å². The van der Waals surface area contributed by atoms with Gasteiger partial charge in [0.05, 0.1) is 10.8 Å². The Morgan fingerprint density at radius 3 is 2.40 bits per heavy atom. The molecule has 1 aliphatic heterocycles. The standard InChI is InChI=1S/C18H19NO5S/c1-3-11-4-6-12(7-5-11)17(20)16-15(25(2,23)24)10-14-13(18(21)22)8-9-19(14)16/h4-7,10,13H,3,8-9H2,1-2H3,(H,21,22). The number of carbonyl (C=O) groups is 2. The maximum absolute atomic E-state index is 13.0. The number of rotatable bonds is 5. The van der Waals surface area contributed by atoms with Crippen molar-refractivity contribution in [3.63, 3.8) is 0 Å². The van der Waals surface area contributed by atoms with Crippen molar-refractivity contribution in [2.45, 2.75) is 37.1 Å². The number of nitrogens with zero attached hydrogens (tertiary/aromatic N) is 1. The molecule has 25 heavy (non-hydrogen) atoms. The smallest absolute Gasteiger partial charge is 0.312 e. The number of carboxylic acids is 1. The Balaban J connectivity index is 2.16. The first-order chi connectivity index (χ1) is 11.7. The molecule has 1 unspecified atom stereocenters. The lowest BCUT2D eigenvalue weighted by atomic mass is 10.0. The number of fused-ring (bicyclic) bond motifs is 1. The second-order valence-electron chi connectivity index (χ2n) is 6.26. The summed E-state index contributed by atoms with van der Waals surface area (Å²) in [6, 6.07) is 8.37. The molecule has 1 aliphatic rings. The first-order valence-electron chi connectivity index (χ1n) is 8.04. The topological polar surface area (TPSA) is 93.4 Å². The lowest BCUT2D eigenvalue weighted by Crippen LogP contribution is -2.13. The molecule has 1 aromatic carbocycles. The van der Waals surface area contributed by atoms with E-state index in [2.05, 4.69) is 0 Å². The normalized spacial score (nSPS) is 16.6. The van der Waals surface area contributed by atoms with E-state index < -0.39 is 27.5 Å². The van der Waals surface area contributed by atoms with Gasteiger partial charge in [-0.05, 0) is 24.5 Å². The molecule has 0 spiro atoms. The zero-order chi connectivity index (χ0) is 18.4. The second kappa shape index (κ2) is 6.15. The van der Waals surface area contributed by atoms with Crippen LogP contribution in [0.1, 0.15) is 46.6 Å². The molecule has 0 amide bonds. The first-order valence-corrected chi connectivity index (χ1v) is 9.93. The van der Waals surface area contributed by atoms with Crippen LogP contribution in [0.5, 0.6) is 0 Å². The van der Waals surface area contributed by atoms with Crippen LogP contribution in [0.15, 0.2) is 35.2 Å². The summed E-state index contributed by atoms with van der Waals surface area (Å²) in [5, 5.41) is 9.33. The Bertz CT molecular complexity index is 954. The fourth-order valence-corrected chi connectivity index (χ4v) is 4.16. The summed E-state index contributed by atoms with van der Waals surface area (Å²) in [6.07, 6.45) is 2.22. The van der Waals surface area contributed by atoms with Gasteiger partial charge in [0.2, 0.25) is 5.78 Å². The highest BCUT2D eigenvalue weighted by Crippen LogP contribution is 2.35. The minimum absolute atomic E-state index is 0.0606. The van der Waals surface area contributed by atoms with E-state index in [4.69, 9.17) is 0 Å². The maximum atomic E-state index is 13.0. The number of hydrogen-bond acceptors (Lipinski definition) is 4. The quantitative estimate of drug-likeness (QED) is 0.825. The number of hydrogen-bond donors (Lipinski definition) is 1. The summed E-state index contributed by atoms with van der Waals surface area (Å²) in [5.74, 6) is -2.20. The van der Waals surface area contributed by atoms with Gasteiger partial charge in [0.25, 0.3) is 0 Å². The van der Waals surface area contributed by atoms with Gasteiger partial charge in [0, 0.05) is 24.1 Å². The molecule has 0 bridgehead atoms. The van der Waals surface area contributed by atoms with Gasteiger partial charge in [-0.25, -0.2) is 8.42 Å². The van der Waals surface area contributed by atoms with E-state index in [0.717, 1.165) is 18.2 Å². The molecular formula is C18H19NO5S. The summed E-state index contributed by atoms with van der Waals surface area (Å²) in [6.45, 7) is 2.32. The number of aliphatic carboxylic acids is 1. The van der Waals surface area contributed by atoms with Crippen LogP contribution in [-0.2, 0) is 27.6 Å². The van der Waals surface area contributed by atoms with Crippen LogP contribution in [0.2, 0.25) is 0 Å². The Morgan fingerprint density at radius 1 is 1.24 bits per heavy atom. The number of aryl methyl sites for hydroxylation is 1. The molecule has 1 atom stereocenters. The predicted molar refractivity (Wildman–Crippen MR) is 91.8 cm³/mol. The molecule has 0 radical (unpaired) electrons. The Hall–Kier alpha value is -2.41. The molecule has 132 valence electrons. The molecule has 0 fully saturated rings. The molecular weight excluding hydrogens is 342 g/mol. The number of sulfone groups is 1. The van der Waals surface area contributed by atoms with Crippen molar-refractivity contribution < 1.29 is 23.1 Å². The number of benzene rings is 1. The van der Waals surface area contributed by atoms with E-state index in [1.165, 1.54) is 6.07 Å². The Morgan fingerprint density at radius 2 is 1.88 bits per heavy atom. The van der Waals surface area contributed by atoms with Crippen molar-refractivity contribution in [3.05, 3.63) is 52.8 Å². The average molecular weight is 361 g/mol. The molecule has 7 heteroatoms. The summed E-state index contributed by atoms with van der Waals surface area (Å²) in [7, 11) is -3.66. The van der Waals surface area contributed by atoms with Gasteiger partial charge in [0.15, 0.2) is 9.84 Å². The minimum atomic E-state index is -3.66. The number of carboxylic acid groups (broad SMARTS) is 1. The van der Waals surface area contributed by atoms with Crippen molar-refractivity contribution in [2.24, 2.45) is 0 Å². The second-order valence-corrected chi connectivity index (χ2v) is 8.25. The van der Waals surface area contributed by atoms with E-state index in [1.54, 1.807) is 16.7 Å². The fraction of sp³-hybridized carbons (Fsp3) is 0.333. The van der Waals surface area contributed by atoms with Gasteiger partial charge in [0.1, 0.15) is 5.69 Å². The van der Waals surface area contributed by atoms with Crippen LogP contribution < -0.4 is 0 Å². The number of ketones is 1. The van der Waals surface area contributed by atoms with E-state index in [-0.39, 0.29) is 10.6 Å². The molecule has 2 aromatic rings. The van der Waals surface area contributed by atoms with Gasteiger partial charge in [-0.2, -0.15) is 0 Å². The lowest BCUT2D eigenvalue weighted by Gasteiger charge is -2.08. The number of carbonyl (C=O) groups excluding carboxylic acids is 1. The van der Waals surface area contributed by atoms with Crippen molar-refractivity contribution in [1.82, 2.24) is 4.57 Å².